The van der Waals surface area contributed by atoms with Crippen LogP contribution in [0.25, 0.3) is 0 Å². The molecule has 3 N–H and O–H groups in total. The summed E-state index contributed by atoms with van der Waals surface area (Å²) in [5.74, 6) is -1.58. The normalized spacial score (nSPS) is 14.8. The number of carbonyl (C=O) groups excluding carboxylic acids is 1. The van der Waals surface area contributed by atoms with Crippen molar-refractivity contribution in [2.75, 3.05) is 45.3 Å². The molecule has 0 unspecified atom stereocenters. The molecule has 1 amide bonds. The van der Waals surface area contributed by atoms with Gasteiger partial charge in [-0.1, -0.05) is 18.2 Å². The molecule has 1 aromatic carbocycles. The average Bonchev–Trinajstić information content (AvgIpc) is 2.94. The van der Waals surface area contributed by atoms with Gasteiger partial charge in [-0.3, -0.25) is 4.79 Å². The van der Waals surface area contributed by atoms with Gasteiger partial charge in [0.05, 0.1) is 17.2 Å². The lowest BCUT2D eigenvalue weighted by atomic mass is 10.1. The summed E-state index contributed by atoms with van der Waals surface area (Å²) in [6.07, 6.45) is -1.23. The number of amides is 1. The van der Waals surface area contributed by atoms with Crippen LogP contribution in [0.1, 0.15) is 52.9 Å². The van der Waals surface area contributed by atoms with Crippen molar-refractivity contribution in [2.45, 2.75) is 56.8 Å². The monoisotopic (exact) mass is 568 g/mol. The molecule has 0 radical (unpaired) electrons. The molecule has 2 heterocycles. The van der Waals surface area contributed by atoms with Crippen molar-refractivity contribution in [1.29, 1.82) is 0 Å². The van der Waals surface area contributed by atoms with Crippen molar-refractivity contribution in [3.8, 4) is 0 Å². The zero-order chi connectivity index (χ0) is 29.1. The number of alkyl halides is 4. The van der Waals surface area contributed by atoms with Crippen molar-refractivity contribution in [3.63, 3.8) is 0 Å². The number of aryl methyl sites for hydroxylation is 2. The fraction of sp³-hybridized carbons (Fsp3) is 0.536. The summed E-state index contributed by atoms with van der Waals surface area (Å²) in [7, 11) is 1.39. The lowest BCUT2D eigenvalue weighted by Gasteiger charge is -2.27. The number of ether oxygens (including phenoxy) is 1. The van der Waals surface area contributed by atoms with E-state index in [2.05, 4.69) is 21.7 Å². The first-order chi connectivity index (χ1) is 19.1. The Morgan fingerprint density at radius 1 is 1.18 bits per heavy atom. The molecule has 1 aliphatic rings. The van der Waals surface area contributed by atoms with E-state index in [-0.39, 0.29) is 19.5 Å². The van der Waals surface area contributed by atoms with Crippen LogP contribution in [0.4, 0.5) is 23.4 Å². The summed E-state index contributed by atoms with van der Waals surface area (Å²) < 4.78 is 58.5. The first-order valence-corrected chi connectivity index (χ1v) is 13.4. The smallest absolute Gasteiger partial charge is 0.417 e. The minimum absolute atomic E-state index is 0.0873. The molecule has 1 aromatic heterocycles. The molecule has 0 fully saturated rings. The fourth-order valence-electron chi connectivity index (χ4n) is 4.65. The number of unbranched alkanes of at least 4 members (excludes halogenated alkanes) is 1. The van der Waals surface area contributed by atoms with Crippen LogP contribution >= 0.6 is 0 Å². The number of nitrogens with zero attached hydrogens (tertiary/aromatic N) is 2. The molecule has 0 spiro atoms. The maximum absolute atomic E-state index is 13.4. The number of carbonyl (C=O) groups is 2. The molecule has 0 aliphatic carbocycles. The van der Waals surface area contributed by atoms with E-state index in [1.807, 2.05) is 11.0 Å². The highest BCUT2D eigenvalue weighted by Gasteiger charge is 2.35. The number of methoxy groups -OCH3 is 1. The lowest BCUT2D eigenvalue weighted by Crippen LogP contribution is -2.45. The quantitative estimate of drug-likeness (QED) is 0.217. The second kappa shape index (κ2) is 14.9. The van der Waals surface area contributed by atoms with E-state index in [1.54, 1.807) is 0 Å². The van der Waals surface area contributed by atoms with E-state index >= 15 is 0 Å². The van der Waals surface area contributed by atoms with Gasteiger partial charge in [0.25, 0.3) is 5.91 Å². The number of carboxylic acids is 1. The van der Waals surface area contributed by atoms with Crippen molar-refractivity contribution < 1.29 is 37.0 Å². The number of benzene rings is 1. The Kier molecular flexibility index (Phi) is 11.7. The molecule has 3 rings (SSSR count). The Balaban J connectivity index is 1.58. The van der Waals surface area contributed by atoms with Gasteiger partial charge in [0.2, 0.25) is 0 Å². The third kappa shape index (κ3) is 9.16. The van der Waals surface area contributed by atoms with Crippen LogP contribution in [0.2, 0.25) is 0 Å². The van der Waals surface area contributed by atoms with E-state index in [1.165, 1.54) is 18.7 Å². The number of hydrogen-bond acceptors (Lipinski definition) is 6. The minimum atomic E-state index is -4.77. The van der Waals surface area contributed by atoms with Gasteiger partial charge in [0.15, 0.2) is 0 Å². The van der Waals surface area contributed by atoms with Crippen LogP contribution in [-0.2, 0) is 28.5 Å². The molecule has 40 heavy (non-hydrogen) atoms. The SMILES string of the molecule is CO[C@H](CF)CN(CCCCc1ccc2c(n1)NCCC2)CC[C@H](NC(=O)c1ccccc1C(F)(F)F)C(=O)O. The van der Waals surface area contributed by atoms with Crippen LogP contribution < -0.4 is 10.6 Å². The molecular weight excluding hydrogens is 532 g/mol. The Labute approximate surface area is 231 Å². The number of nitrogens with one attached hydrogen (secondary N) is 2. The van der Waals surface area contributed by atoms with Gasteiger partial charge in [-0.05, 0) is 68.8 Å². The van der Waals surface area contributed by atoms with Crippen LogP contribution in [0.3, 0.4) is 0 Å². The molecule has 2 atom stereocenters. The predicted octanol–water partition coefficient (Wildman–Crippen LogP) is 4.34. The van der Waals surface area contributed by atoms with Gasteiger partial charge < -0.3 is 25.4 Å². The maximum Gasteiger partial charge on any atom is 0.417 e. The highest BCUT2D eigenvalue weighted by Crippen LogP contribution is 2.31. The summed E-state index contributed by atoms with van der Waals surface area (Å²) in [6, 6.07) is 6.88. The van der Waals surface area contributed by atoms with Crippen molar-refractivity contribution >= 4 is 17.7 Å². The Morgan fingerprint density at radius 2 is 1.95 bits per heavy atom. The first-order valence-electron chi connectivity index (χ1n) is 13.4. The fourth-order valence-corrected chi connectivity index (χ4v) is 4.65. The van der Waals surface area contributed by atoms with Gasteiger partial charge in [0, 0.05) is 32.4 Å². The van der Waals surface area contributed by atoms with E-state index in [0.29, 0.717) is 6.54 Å². The third-order valence-corrected chi connectivity index (χ3v) is 6.89. The number of carboxylic acid groups (broad SMARTS) is 1. The molecule has 1 aliphatic heterocycles. The second-order valence-electron chi connectivity index (χ2n) is 9.81. The van der Waals surface area contributed by atoms with Gasteiger partial charge in [-0.2, -0.15) is 13.2 Å². The molecule has 0 saturated heterocycles. The molecule has 0 saturated carbocycles. The Morgan fingerprint density at radius 3 is 2.65 bits per heavy atom. The van der Waals surface area contributed by atoms with Gasteiger partial charge in [0.1, 0.15) is 18.5 Å². The van der Waals surface area contributed by atoms with Crippen LogP contribution in [0, 0.1) is 0 Å². The van der Waals surface area contributed by atoms with Gasteiger partial charge in [-0.25, -0.2) is 14.2 Å². The van der Waals surface area contributed by atoms with Crippen LogP contribution in [0.5, 0.6) is 0 Å². The largest absolute Gasteiger partial charge is 0.480 e. The third-order valence-electron chi connectivity index (χ3n) is 6.89. The van der Waals surface area contributed by atoms with E-state index in [4.69, 9.17) is 4.74 Å². The van der Waals surface area contributed by atoms with Crippen molar-refractivity contribution in [2.24, 2.45) is 0 Å². The second-order valence-corrected chi connectivity index (χ2v) is 9.81. The van der Waals surface area contributed by atoms with E-state index in [9.17, 15) is 32.3 Å². The Hall–Kier alpha value is -3.25. The summed E-state index contributed by atoms with van der Waals surface area (Å²) in [5.41, 5.74) is 0.375. The lowest BCUT2D eigenvalue weighted by molar-refractivity contribution is -0.139. The molecule has 12 heteroatoms. The molecule has 220 valence electrons. The predicted molar refractivity (Wildman–Crippen MR) is 142 cm³/mol. The van der Waals surface area contributed by atoms with E-state index in [0.717, 1.165) is 68.4 Å². The van der Waals surface area contributed by atoms with Crippen LogP contribution in [0.15, 0.2) is 36.4 Å². The summed E-state index contributed by atoms with van der Waals surface area (Å²) in [5, 5.41) is 15.2. The zero-order valence-corrected chi connectivity index (χ0v) is 22.5. The molecule has 8 nitrogen and oxygen atoms in total. The highest BCUT2D eigenvalue weighted by molar-refractivity contribution is 5.98. The number of anilines is 1. The molecular formula is C28H36F4N4O4. The number of rotatable bonds is 15. The number of halogens is 4. The maximum atomic E-state index is 13.4. The van der Waals surface area contributed by atoms with Crippen LogP contribution in [-0.4, -0.2) is 79.0 Å². The first kappa shape index (κ1) is 31.3. The topological polar surface area (TPSA) is 104 Å². The summed E-state index contributed by atoms with van der Waals surface area (Å²) in [4.78, 5) is 31.0. The van der Waals surface area contributed by atoms with Gasteiger partial charge in [-0.15, -0.1) is 0 Å². The number of pyridine rings is 1. The summed E-state index contributed by atoms with van der Waals surface area (Å²) >= 11 is 0. The number of fused-ring (bicyclic) bond motifs is 1. The average molecular weight is 569 g/mol. The molecule has 0 bridgehead atoms. The zero-order valence-electron chi connectivity index (χ0n) is 22.5. The molecule has 2 aromatic rings. The number of hydrogen-bond donors (Lipinski definition) is 3. The minimum Gasteiger partial charge on any atom is -0.480 e. The highest BCUT2D eigenvalue weighted by atomic mass is 19.4. The number of aromatic nitrogens is 1. The Bertz CT molecular complexity index is 1130. The summed E-state index contributed by atoms with van der Waals surface area (Å²) in [6.45, 7) is 1.05. The van der Waals surface area contributed by atoms with Crippen molar-refractivity contribution in [1.82, 2.24) is 15.2 Å². The van der Waals surface area contributed by atoms with Gasteiger partial charge >= 0.3 is 12.1 Å². The van der Waals surface area contributed by atoms with E-state index < -0.39 is 48.0 Å². The van der Waals surface area contributed by atoms with Crippen molar-refractivity contribution in [3.05, 3.63) is 58.8 Å². The number of aliphatic carboxylic acids is 1. The standard InChI is InChI=1S/C28H36F4N4O4/c1-40-21(17-29)18-36(15-5-4-8-20-12-11-19-7-6-14-33-25(19)34-20)16-13-24(27(38)39)35-26(37)22-9-2-3-10-23(22)28(30,31)32/h2-3,9-12,21,24H,4-8,13-18H2,1H3,(H,33,34)(H,35,37)(H,38,39)/t21-,24+/m1/s1.